The highest BCUT2D eigenvalue weighted by Gasteiger charge is 2.02. The Morgan fingerprint density at radius 1 is 1.26 bits per heavy atom. The molecule has 104 valence electrons. The molecule has 0 unspecified atom stereocenters. The van der Waals surface area contributed by atoms with Crippen LogP contribution in [0.5, 0.6) is 0 Å². The van der Waals surface area contributed by atoms with Gasteiger partial charge < -0.3 is 9.84 Å². The lowest BCUT2D eigenvalue weighted by molar-refractivity contribution is 0.114. The minimum Gasteiger partial charge on any atom is -0.384 e. The lowest BCUT2D eigenvalue weighted by Gasteiger charge is -2.05. The summed E-state index contributed by atoms with van der Waals surface area (Å²) < 4.78 is 19.1. The molecule has 0 aliphatic rings. The molecule has 3 heteroatoms. The Morgan fingerprint density at radius 2 is 2.11 bits per heavy atom. The Morgan fingerprint density at radius 3 is 2.79 bits per heavy atom. The monoisotopic (exact) mass is 264 g/mol. The largest absolute Gasteiger partial charge is 0.384 e. The van der Waals surface area contributed by atoms with Gasteiger partial charge in [-0.15, -0.1) is 0 Å². The Balaban J connectivity index is 2.38. The number of halogens is 1. The van der Waals surface area contributed by atoms with E-state index < -0.39 is 0 Å². The van der Waals surface area contributed by atoms with Gasteiger partial charge in [0.25, 0.3) is 0 Å². The standard InChI is InChI=1S/C16H21FO2/c1-2-3-4-5-11-19-13-15-9-8-14(7-6-10-18)12-16(15)17/h8-9,12,18H,2-5,10-11,13H2,1H3. The molecular weight excluding hydrogens is 243 g/mol. The first-order valence-corrected chi connectivity index (χ1v) is 6.73. The zero-order valence-corrected chi connectivity index (χ0v) is 11.4. The molecule has 0 radical (unpaired) electrons. The van der Waals surface area contributed by atoms with Crippen molar-refractivity contribution >= 4 is 0 Å². The first-order chi connectivity index (χ1) is 9.27. The number of rotatable bonds is 7. The van der Waals surface area contributed by atoms with E-state index >= 15 is 0 Å². The van der Waals surface area contributed by atoms with E-state index in [2.05, 4.69) is 18.8 Å². The molecule has 0 saturated heterocycles. The Hall–Kier alpha value is -1.37. The summed E-state index contributed by atoms with van der Waals surface area (Å²) in [5.41, 5.74) is 1.11. The van der Waals surface area contributed by atoms with Crippen LogP contribution >= 0.6 is 0 Å². The molecule has 1 N–H and O–H groups in total. The summed E-state index contributed by atoms with van der Waals surface area (Å²) in [7, 11) is 0. The molecule has 1 aromatic carbocycles. The predicted molar refractivity (Wildman–Crippen MR) is 74.2 cm³/mol. The molecule has 1 rings (SSSR count). The molecule has 0 aliphatic carbocycles. The molecule has 2 nitrogen and oxygen atoms in total. The molecule has 0 saturated carbocycles. The minimum atomic E-state index is -0.307. The van der Waals surface area contributed by atoms with Crippen molar-refractivity contribution in [2.24, 2.45) is 0 Å². The average Bonchev–Trinajstić information content (AvgIpc) is 2.42. The fourth-order valence-electron chi connectivity index (χ4n) is 1.70. The Bertz CT molecular complexity index is 432. The van der Waals surface area contributed by atoms with Crippen LogP contribution in [0.4, 0.5) is 4.39 Å². The van der Waals surface area contributed by atoms with E-state index in [9.17, 15) is 4.39 Å². The van der Waals surface area contributed by atoms with Gasteiger partial charge in [-0.2, -0.15) is 0 Å². The molecule has 0 atom stereocenters. The quantitative estimate of drug-likeness (QED) is 0.605. The van der Waals surface area contributed by atoms with Crippen molar-refractivity contribution in [2.45, 2.75) is 39.2 Å². The highest BCUT2D eigenvalue weighted by Crippen LogP contribution is 2.11. The lowest BCUT2D eigenvalue weighted by atomic mass is 10.1. The predicted octanol–water partition coefficient (Wildman–Crippen LogP) is 3.27. The summed E-state index contributed by atoms with van der Waals surface area (Å²) in [6.45, 7) is 2.92. The summed E-state index contributed by atoms with van der Waals surface area (Å²) in [5.74, 6) is 4.86. The fraction of sp³-hybridized carbons (Fsp3) is 0.500. The fourth-order valence-corrected chi connectivity index (χ4v) is 1.70. The van der Waals surface area contributed by atoms with Crippen molar-refractivity contribution < 1.29 is 14.2 Å². The van der Waals surface area contributed by atoms with Crippen LogP contribution in [-0.4, -0.2) is 18.3 Å². The molecule has 0 aliphatic heterocycles. The molecule has 0 bridgehead atoms. The molecule has 1 aromatic rings. The van der Waals surface area contributed by atoms with E-state index in [0.717, 1.165) is 12.8 Å². The number of hydrogen-bond donors (Lipinski definition) is 1. The van der Waals surface area contributed by atoms with Crippen molar-refractivity contribution in [3.63, 3.8) is 0 Å². The van der Waals surface area contributed by atoms with Crippen molar-refractivity contribution in [1.29, 1.82) is 0 Å². The van der Waals surface area contributed by atoms with Crippen molar-refractivity contribution in [3.05, 3.63) is 35.1 Å². The van der Waals surface area contributed by atoms with Crippen molar-refractivity contribution in [1.82, 2.24) is 0 Å². The SMILES string of the molecule is CCCCCCOCc1ccc(C#CCO)cc1F. The number of unbranched alkanes of at least 4 members (excludes halogenated alkanes) is 3. The second-order valence-electron chi connectivity index (χ2n) is 4.38. The number of hydrogen-bond acceptors (Lipinski definition) is 2. The summed E-state index contributed by atoms with van der Waals surface area (Å²) in [6, 6.07) is 4.79. The van der Waals surface area contributed by atoms with Crippen LogP contribution in [0.3, 0.4) is 0 Å². The first-order valence-electron chi connectivity index (χ1n) is 6.73. The van der Waals surface area contributed by atoms with Crippen LogP contribution in [0.2, 0.25) is 0 Å². The number of aliphatic hydroxyl groups excluding tert-OH is 1. The van der Waals surface area contributed by atoms with Crippen LogP contribution in [0.25, 0.3) is 0 Å². The summed E-state index contributed by atoms with van der Waals surface area (Å²) in [5, 5.41) is 8.57. The highest BCUT2D eigenvalue weighted by molar-refractivity contribution is 5.36. The second kappa shape index (κ2) is 9.55. The van der Waals surface area contributed by atoms with Gasteiger partial charge in [-0.25, -0.2) is 4.39 Å². The summed E-state index contributed by atoms with van der Waals surface area (Å²) in [6.07, 6.45) is 4.60. The van der Waals surface area contributed by atoms with Gasteiger partial charge in [-0.05, 0) is 18.6 Å². The number of ether oxygens (including phenoxy) is 1. The topological polar surface area (TPSA) is 29.5 Å². The summed E-state index contributed by atoms with van der Waals surface area (Å²) in [4.78, 5) is 0. The lowest BCUT2D eigenvalue weighted by Crippen LogP contribution is -1.98. The van der Waals surface area contributed by atoms with E-state index in [-0.39, 0.29) is 12.4 Å². The molecule has 0 fully saturated rings. The smallest absolute Gasteiger partial charge is 0.129 e. The van der Waals surface area contributed by atoms with Gasteiger partial charge >= 0.3 is 0 Å². The minimum absolute atomic E-state index is 0.218. The van der Waals surface area contributed by atoms with Gasteiger partial charge in [-0.3, -0.25) is 0 Å². The molecular formula is C16H21FO2. The third kappa shape index (κ3) is 6.37. The maximum absolute atomic E-state index is 13.7. The van der Waals surface area contributed by atoms with E-state index in [4.69, 9.17) is 9.84 Å². The zero-order valence-electron chi connectivity index (χ0n) is 11.4. The van der Waals surface area contributed by atoms with E-state index in [0.29, 0.717) is 24.3 Å². The van der Waals surface area contributed by atoms with Gasteiger partial charge in [-0.1, -0.05) is 44.1 Å². The molecule has 0 spiro atoms. The molecule has 0 aromatic heterocycles. The van der Waals surface area contributed by atoms with Crippen LogP contribution in [0, 0.1) is 17.7 Å². The van der Waals surface area contributed by atoms with E-state index in [1.165, 1.54) is 18.9 Å². The molecule has 19 heavy (non-hydrogen) atoms. The number of aliphatic hydroxyl groups is 1. The van der Waals surface area contributed by atoms with Crippen LogP contribution in [-0.2, 0) is 11.3 Å². The average molecular weight is 264 g/mol. The zero-order chi connectivity index (χ0) is 13.9. The summed E-state index contributed by atoms with van der Waals surface area (Å²) >= 11 is 0. The molecule has 0 heterocycles. The van der Waals surface area contributed by atoms with Gasteiger partial charge in [0.05, 0.1) is 6.61 Å². The van der Waals surface area contributed by atoms with Crippen LogP contribution in [0.15, 0.2) is 18.2 Å². The highest BCUT2D eigenvalue weighted by atomic mass is 19.1. The normalized spacial score (nSPS) is 10.1. The van der Waals surface area contributed by atoms with Gasteiger partial charge in [0.2, 0.25) is 0 Å². The molecule has 0 amide bonds. The van der Waals surface area contributed by atoms with Crippen LogP contribution < -0.4 is 0 Å². The maximum Gasteiger partial charge on any atom is 0.129 e. The van der Waals surface area contributed by atoms with E-state index in [1.54, 1.807) is 12.1 Å². The first kappa shape index (κ1) is 15.7. The van der Waals surface area contributed by atoms with Crippen LogP contribution in [0.1, 0.15) is 43.7 Å². The van der Waals surface area contributed by atoms with Gasteiger partial charge in [0.15, 0.2) is 0 Å². The van der Waals surface area contributed by atoms with Gasteiger partial charge in [0.1, 0.15) is 12.4 Å². The van der Waals surface area contributed by atoms with E-state index in [1.807, 2.05) is 0 Å². The maximum atomic E-state index is 13.7. The Labute approximate surface area is 114 Å². The van der Waals surface area contributed by atoms with Crippen molar-refractivity contribution in [3.8, 4) is 11.8 Å². The number of benzene rings is 1. The third-order valence-electron chi connectivity index (χ3n) is 2.76. The third-order valence-corrected chi connectivity index (χ3v) is 2.76. The Kier molecular flexibility index (Phi) is 7.88. The second-order valence-corrected chi connectivity index (χ2v) is 4.38. The van der Waals surface area contributed by atoms with Crippen molar-refractivity contribution in [2.75, 3.05) is 13.2 Å². The van der Waals surface area contributed by atoms with Gasteiger partial charge in [0, 0.05) is 17.7 Å².